The Morgan fingerprint density at radius 2 is 1.47 bits per heavy atom. The highest BCUT2D eigenvalue weighted by Gasteiger charge is 2.29. The number of rotatable bonds is 5. The summed E-state index contributed by atoms with van der Waals surface area (Å²) in [6, 6.07) is 11.3. The van der Waals surface area contributed by atoms with Crippen molar-refractivity contribution in [2.75, 3.05) is 5.32 Å². The fraction of sp³-hybridized carbons (Fsp3) is 0.158. The third-order valence-electron chi connectivity index (χ3n) is 4.22. The van der Waals surface area contributed by atoms with Gasteiger partial charge in [0.2, 0.25) is 5.91 Å². The summed E-state index contributed by atoms with van der Waals surface area (Å²) in [5.74, 6) is -1.03. The Balaban J connectivity index is 1.46. The molecule has 0 unspecified atom stereocenters. The minimum Gasteiger partial charge on any atom is -0.326 e. The number of nitrogens with one attached hydrogen (secondary N) is 4. The summed E-state index contributed by atoms with van der Waals surface area (Å²) in [5.41, 5.74) is 5.69. The summed E-state index contributed by atoms with van der Waals surface area (Å²) < 4.78 is 0. The molecule has 0 saturated heterocycles. The lowest BCUT2D eigenvalue weighted by Crippen LogP contribution is -2.48. The van der Waals surface area contributed by atoms with E-state index in [1.165, 1.54) is 36.4 Å². The maximum atomic E-state index is 12.2. The fourth-order valence-electron chi connectivity index (χ4n) is 2.42. The molecular weight excluding hydrogens is 410 g/mol. The Morgan fingerprint density at radius 1 is 0.900 bits per heavy atom. The lowest BCUT2D eigenvalue weighted by molar-refractivity contribution is -0.384. The molecule has 0 heterocycles. The van der Waals surface area contributed by atoms with Gasteiger partial charge in [-0.25, -0.2) is 0 Å². The molecule has 0 aliphatic heterocycles. The number of non-ortho nitro benzene ring substituents is 1. The molecule has 1 saturated carbocycles. The van der Waals surface area contributed by atoms with E-state index in [1.807, 2.05) is 0 Å². The first-order valence-corrected chi connectivity index (χ1v) is 9.31. The van der Waals surface area contributed by atoms with Gasteiger partial charge in [0.05, 0.1) is 4.92 Å². The molecule has 10 nitrogen and oxygen atoms in total. The van der Waals surface area contributed by atoms with Gasteiger partial charge in [-0.15, -0.1) is 0 Å². The summed E-state index contributed by atoms with van der Waals surface area (Å²) in [5, 5.41) is 15.6. The predicted molar refractivity (Wildman–Crippen MR) is 112 cm³/mol. The molecular formula is C19H17N5O5S. The average molecular weight is 427 g/mol. The number of nitro benzene ring substituents is 1. The summed E-state index contributed by atoms with van der Waals surface area (Å²) in [7, 11) is 0. The molecule has 0 radical (unpaired) electrons. The number of carbonyl (C=O) groups excluding carboxylic acids is 3. The van der Waals surface area contributed by atoms with Gasteiger partial charge in [0.15, 0.2) is 5.11 Å². The van der Waals surface area contributed by atoms with Crippen molar-refractivity contribution in [1.82, 2.24) is 16.2 Å². The number of nitrogens with zero attached hydrogens (tertiary/aromatic N) is 1. The summed E-state index contributed by atoms with van der Waals surface area (Å²) in [6.45, 7) is 0. The molecule has 154 valence electrons. The van der Waals surface area contributed by atoms with Crippen LogP contribution >= 0.6 is 12.2 Å². The SMILES string of the molecule is O=C(NNC(=S)NC(=O)c1ccc([N+](=O)[O-])cc1)c1ccc(NC(=O)C2CC2)cc1. The Labute approximate surface area is 176 Å². The van der Waals surface area contributed by atoms with E-state index in [0.29, 0.717) is 11.3 Å². The van der Waals surface area contributed by atoms with Gasteiger partial charge in [-0.1, -0.05) is 0 Å². The van der Waals surface area contributed by atoms with Gasteiger partial charge >= 0.3 is 0 Å². The Hall–Kier alpha value is -3.86. The van der Waals surface area contributed by atoms with Gasteiger partial charge in [-0.2, -0.15) is 0 Å². The van der Waals surface area contributed by atoms with Crippen molar-refractivity contribution in [3.63, 3.8) is 0 Å². The van der Waals surface area contributed by atoms with Crippen molar-refractivity contribution in [2.24, 2.45) is 5.92 Å². The number of thiocarbonyl (C=S) groups is 1. The number of carbonyl (C=O) groups is 3. The maximum Gasteiger partial charge on any atom is 0.269 e. The number of hydrogen-bond acceptors (Lipinski definition) is 6. The lowest BCUT2D eigenvalue weighted by atomic mass is 10.2. The Kier molecular flexibility index (Phi) is 6.32. The highest BCUT2D eigenvalue weighted by atomic mass is 32.1. The smallest absolute Gasteiger partial charge is 0.269 e. The second-order valence-corrected chi connectivity index (χ2v) is 6.92. The Bertz CT molecular complexity index is 1000. The summed E-state index contributed by atoms with van der Waals surface area (Å²) >= 11 is 4.95. The third-order valence-corrected chi connectivity index (χ3v) is 4.42. The number of anilines is 1. The largest absolute Gasteiger partial charge is 0.326 e. The van der Waals surface area contributed by atoms with Crippen LogP contribution in [0.1, 0.15) is 33.6 Å². The monoisotopic (exact) mass is 427 g/mol. The first-order chi connectivity index (χ1) is 14.3. The molecule has 1 aliphatic carbocycles. The number of hydrogen-bond donors (Lipinski definition) is 4. The van der Waals surface area contributed by atoms with E-state index in [9.17, 15) is 24.5 Å². The van der Waals surface area contributed by atoms with E-state index in [-0.39, 0.29) is 28.2 Å². The van der Waals surface area contributed by atoms with Crippen molar-refractivity contribution in [1.29, 1.82) is 0 Å². The molecule has 2 aromatic rings. The zero-order chi connectivity index (χ0) is 21.7. The normalized spacial score (nSPS) is 12.4. The van der Waals surface area contributed by atoms with Gasteiger partial charge < -0.3 is 5.32 Å². The fourth-order valence-corrected chi connectivity index (χ4v) is 2.57. The van der Waals surface area contributed by atoms with Crippen molar-refractivity contribution in [2.45, 2.75) is 12.8 Å². The molecule has 3 amide bonds. The molecule has 2 aromatic carbocycles. The van der Waals surface area contributed by atoms with Crippen LogP contribution in [-0.2, 0) is 4.79 Å². The minimum absolute atomic E-state index is 0.0250. The quantitative estimate of drug-likeness (QED) is 0.324. The van der Waals surface area contributed by atoms with E-state index in [2.05, 4.69) is 21.5 Å². The molecule has 30 heavy (non-hydrogen) atoms. The lowest BCUT2D eigenvalue weighted by Gasteiger charge is -2.11. The summed E-state index contributed by atoms with van der Waals surface area (Å²) in [4.78, 5) is 46.0. The maximum absolute atomic E-state index is 12.2. The van der Waals surface area contributed by atoms with Crippen LogP contribution in [0.4, 0.5) is 11.4 Å². The minimum atomic E-state index is -0.590. The zero-order valence-corrected chi connectivity index (χ0v) is 16.3. The van der Waals surface area contributed by atoms with E-state index < -0.39 is 16.7 Å². The van der Waals surface area contributed by atoms with E-state index in [1.54, 1.807) is 12.1 Å². The number of hydrazine groups is 1. The highest BCUT2D eigenvalue weighted by molar-refractivity contribution is 7.80. The van der Waals surface area contributed by atoms with Gasteiger partial charge in [-0.05, 0) is 61.5 Å². The van der Waals surface area contributed by atoms with E-state index in [0.717, 1.165) is 12.8 Å². The molecule has 1 aliphatic rings. The van der Waals surface area contributed by atoms with Gasteiger partial charge in [-0.3, -0.25) is 40.7 Å². The molecule has 4 N–H and O–H groups in total. The van der Waals surface area contributed by atoms with Crippen LogP contribution in [0.2, 0.25) is 0 Å². The van der Waals surface area contributed by atoms with Crippen LogP contribution in [-0.4, -0.2) is 27.8 Å². The van der Waals surface area contributed by atoms with Crippen LogP contribution < -0.4 is 21.5 Å². The van der Waals surface area contributed by atoms with Crippen molar-refractivity contribution in [3.8, 4) is 0 Å². The molecule has 0 bridgehead atoms. The van der Waals surface area contributed by atoms with E-state index >= 15 is 0 Å². The molecule has 1 fully saturated rings. The number of amides is 3. The van der Waals surface area contributed by atoms with E-state index in [4.69, 9.17) is 12.2 Å². The molecule has 0 atom stereocenters. The van der Waals surface area contributed by atoms with Gasteiger partial charge in [0.25, 0.3) is 17.5 Å². The second kappa shape index (κ2) is 9.09. The standard InChI is InChI=1S/C19H17N5O5S/c25-16(11-1-2-11)20-14-7-3-13(4-8-14)18(27)22-23-19(30)21-17(26)12-5-9-15(10-6-12)24(28)29/h3-11H,1-2H2,(H,20,25)(H,22,27)(H2,21,23,26,30). The number of benzene rings is 2. The molecule has 0 aromatic heterocycles. The van der Waals surface area contributed by atoms with Crippen LogP contribution in [0.15, 0.2) is 48.5 Å². The van der Waals surface area contributed by atoms with Crippen molar-refractivity contribution >= 4 is 46.4 Å². The number of nitro groups is 1. The summed E-state index contributed by atoms with van der Waals surface area (Å²) in [6.07, 6.45) is 1.80. The van der Waals surface area contributed by atoms with Crippen LogP contribution in [0.5, 0.6) is 0 Å². The highest BCUT2D eigenvalue weighted by Crippen LogP contribution is 2.30. The Morgan fingerprint density at radius 3 is 2.03 bits per heavy atom. The molecule has 3 rings (SSSR count). The van der Waals surface area contributed by atoms with Crippen LogP contribution in [0.3, 0.4) is 0 Å². The second-order valence-electron chi connectivity index (χ2n) is 6.51. The van der Waals surface area contributed by atoms with Gasteiger partial charge in [0, 0.05) is 34.9 Å². The van der Waals surface area contributed by atoms with Crippen LogP contribution in [0.25, 0.3) is 0 Å². The molecule has 0 spiro atoms. The predicted octanol–water partition coefficient (Wildman–Crippen LogP) is 1.89. The third kappa shape index (κ3) is 5.58. The van der Waals surface area contributed by atoms with Crippen LogP contribution in [0, 0.1) is 16.0 Å². The first kappa shape index (κ1) is 20.9. The zero-order valence-electron chi connectivity index (χ0n) is 15.5. The van der Waals surface area contributed by atoms with Gasteiger partial charge in [0.1, 0.15) is 0 Å². The van der Waals surface area contributed by atoms with Crippen molar-refractivity contribution < 1.29 is 19.3 Å². The average Bonchev–Trinajstić information content (AvgIpc) is 3.58. The molecule has 11 heteroatoms. The topological polar surface area (TPSA) is 142 Å². The van der Waals surface area contributed by atoms with Crippen molar-refractivity contribution in [3.05, 3.63) is 69.8 Å². The first-order valence-electron chi connectivity index (χ1n) is 8.90.